The molecule has 0 radical (unpaired) electrons. The maximum Gasteiger partial charge on any atom is 0.415 e. The molecule has 2 amide bonds. The number of amides is 2. The van der Waals surface area contributed by atoms with Crippen LogP contribution >= 0.6 is 0 Å². The van der Waals surface area contributed by atoms with Crippen LogP contribution in [0.15, 0.2) is 59.9 Å². The van der Waals surface area contributed by atoms with Crippen LogP contribution in [0.1, 0.15) is 44.7 Å². The third kappa shape index (κ3) is 8.27. The Labute approximate surface area is 274 Å². The summed E-state index contributed by atoms with van der Waals surface area (Å²) in [5, 5.41) is 9.05. The van der Waals surface area contributed by atoms with Crippen LogP contribution in [0, 0.1) is 6.92 Å². The Morgan fingerprint density at radius 1 is 1.04 bits per heavy atom. The van der Waals surface area contributed by atoms with Crippen LogP contribution in [0.4, 0.5) is 10.6 Å². The zero-order valence-corrected chi connectivity index (χ0v) is 27.8. The van der Waals surface area contributed by atoms with E-state index in [4.69, 9.17) is 9.47 Å². The van der Waals surface area contributed by atoms with Crippen molar-refractivity contribution < 1.29 is 32.3 Å². The first kappa shape index (κ1) is 33.9. The number of hydrogen-bond acceptors (Lipinski definition) is 10. The lowest BCUT2D eigenvalue weighted by atomic mass is 10.0. The molecule has 0 aliphatic carbocycles. The van der Waals surface area contributed by atoms with Crippen LogP contribution in [-0.4, -0.2) is 101 Å². The number of pyridine rings is 1. The fourth-order valence-corrected chi connectivity index (χ4v) is 7.35. The van der Waals surface area contributed by atoms with Crippen molar-refractivity contribution in [2.75, 3.05) is 37.6 Å². The molecule has 2 aliphatic rings. The number of aromatic nitrogens is 3. The van der Waals surface area contributed by atoms with Gasteiger partial charge in [-0.1, -0.05) is 18.2 Å². The van der Waals surface area contributed by atoms with Crippen molar-refractivity contribution in [1.29, 1.82) is 0 Å². The molecule has 2 N–H and O–H groups in total. The molecule has 2 fully saturated rings. The highest BCUT2D eigenvalue weighted by Gasteiger charge is 2.42. The largest absolute Gasteiger partial charge is 0.458 e. The van der Waals surface area contributed by atoms with Crippen LogP contribution in [-0.2, 0) is 30.8 Å². The number of hydrogen-bond donors (Lipinski definition) is 2. The van der Waals surface area contributed by atoms with Gasteiger partial charge in [-0.3, -0.25) is 9.89 Å². The van der Waals surface area contributed by atoms with E-state index in [1.54, 1.807) is 63.1 Å². The summed E-state index contributed by atoms with van der Waals surface area (Å²) in [6.07, 6.45) is 3.62. The normalized spacial score (nSPS) is 18.1. The number of nitrogens with zero attached hydrogens (tertiary/aromatic N) is 5. The summed E-state index contributed by atoms with van der Waals surface area (Å²) in [4.78, 5) is 47.8. The standard InChI is InChI=1S/C32H41N7O7S/c1-22-21-34-36-29(22)47(43,44)39-15-7-8-26(39)28(40)35-25(30(41)46-32(2,3)4)20-23-10-12-24(13-11-23)45-31(42)38-18-16-37(17-19-38)27-9-5-6-14-33-27/h5-6,9-14,21,25-26H,7-8,15-20H2,1-4H3,(H,34,36)(H,35,40)/t25-,26-/m0/s1. The second kappa shape index (κ2) is 14.1. The van der Waals surface area contributed by atoms with Crippen molar-refractivity contribution >= 4 is 33.8 Å². The molecule has 0 spiro atoms. The van der Waals surface area contributed by atoms with E-state index >= 15 is 0 Å². The molecule has 5 rings (SSSR count). The monoisotopic (exact) mass is 667 g/mol. The van der Waals surface area contributed by atoms with Gasteiger partial charge in [-0.05, 0) is 70.4 Å². The van der Waals surface area contributed by atoms with E-state index in [0.717, 1.165) is 10.1 Å². The predicted molar refractivity (Wildman–Crippen MR) is 172 cm³/mol. The summed E-state index contributed by atoms with van der Waals surface area (Å²) in [6.45, 7) is 9.21. The van der Waals surface area contributed by atoms with E-state index in [1.807, 2.05) is 18.2 Å². The number of esters is 1. The number of H-pyrrole nitrogens is 1. The van der Waals surface area contributed by atoms with Crippen LogP contribution < -0.4 is 15.0 Å². The van der Waals surface area contributed by atoms with Gasteiger partial charge in [0.1, 0.15) is 29.3 Å². The Morgan fingerprint density at radius 3 is 2.38 bits per heavy atom. The molecule has 4 heterocycles. The van der Waals surface area contributed by atoms with Gasteiger partial charge in [0.05, 0.1) is 0 Å². The van der Waals surface area contributed by atoms with Gasteiger partial charge in [0.2, 0.25) is 5.91 Å². The first-order valence-electron chi connectivity index (χ1n) is 15.6. The second-order valence-electron chi connectivity index (χ2n) is 12.6. The quantitative estimate of drug-likeness (QED) is 0.324. The topological polar surface area (TPSA) is 167 Å². The van der Waals surface area contributed by atoms with E-state index in [2.05, 4.69) is 25.4 Å². The molecule has 15 heteroatoms. The first-order chi connectivity index (χ1) is 22.3. The van der Waals surface area contributed by atoms with Gasteiger partial charge in [0.25, 0.3) is 10.0 Å². The summed E-state index contributed by atoms with van der Waals surface area (Å²) in [5.41, 5.74) is 0.300. The maximum absolute atomic E-state index is 13.5. The minimum absolute atomic E-state index is 0.0717. The van der Waals surface area contributed by atoms with E-state index in [1.165, 1.54) is 6.20 Å². The van der Waals surface area contributed by atoms with Crippen molar-refractivity contribution in [1.82, 2.24) is 29.7 Å². The number of nitrogens with one attached hydrogen (secondary N) is 2. The molecule has 1 aromatic carbocycles. The van der Waals surface area contributed by atoms with Crippen molar-refractivity contribution in [3.63, 3.8) is 0 Å². The minimum Gasteiger partial charge on any atom is -0.458 e. The number of anilines is 1. The van der Waals surface area contributed by atoms with Gasteiger partial charge < -0.3 is 24.6 Å². The fourth-order valence-electron chi connectivity index (χ4n) is 5.59. The third-order valence-corrected chi connectivity index (χ3v) is 9.89. The summed E-state index contributed by atoms with van der Waals surface area (Å²) in [6, 6.07) is 10.3. The molecule has 3 aromatic rings. The van der Waals surface area contributed by atoms with Gasteiger partial charge in [-0.15, -0.1) is 0 Å². The number of ether oxygens (including phenoxy) is 2. The lowest BCUT2D eigenvalue weighted by molar-refractivity contribution is -0.158. The Balaban J connectivity index is 1.22. The van der Waals surface area contributed by atoms with Gasteiger partial charge in [-0.2, -0.15) is 9.40 Å². The van der Waals surface area contributed by atoms with E-state index < -0.39 is 45.7 Å². The first-order valence-corrected chi connectivity index (χ1v) is 17.0. The minimum atomic E-state index is -4.04. The highest BCUT2D eigenvalue weighted by molar-refractivity contribution is 7.89. The van der Waals surface area contributed by atoms with E-state index in [-0.39, 0.29) is 18.0 Å². The Morgan fingerprint density at radius 2 is 1.77 bits per heavy atom. The summed E-state index contributed by atoms with van der Waals surface area (Å²) in [7, 11) is -4.04. The number of carbonyl (C=O) groups excluding carboxylic acids is 3. The Hall–Kier alpha value is -4.50. The van der Waals surface area contributed by atoms with Crippen LogP contribution in [0.25, 0.3) is 0 Å². The SMILES string of the molecule is Cc1c[nH]nc1S(=O)(=O)N1CCC[C@H]1C(=O)N[C@@H](Cc1ccc(OC(=O)N2CCN(c3ccccn3)CC2)cc1)C(=O)OC(C)(C)C. The van der Waals surface area contributed by atoms with Crippen LogP contribution in [0.3, 0.4) is 0 Å². The molecule has 47 heavy (non-hydrogen) atoms. The molecule has 14 nitrogen and oxygen atoms in total. The molecule has 2 saturated heterocycles. The van der Waals surface area contributed by atoms with Crippen molar-refractivity contribution in [3.8, 4) is 5.75 Å². The average Bonchev–Trinajstić information content (AvgIpc) is 3.72. The number of piperazine rings is 1. The number of aryl methyl sites for hydroxylation is 1. The number of rotatable bonds is 9. The zero-order valence-electron chi connectivity index (χ0n) is 27.0. The maximum atomic E-state index is 13.5. The van der Waals surface area contributed by atoms with Gasteiger partial charge in [0.15, 0.2) is 5.03 Å². The molecule has 0 bridgehead atoms. The van der Waals surface area contributed by atoms with Crippen LogP contribution in [0.5, 0.6) is 5.75 Å². The van der Waals surface area contributed by atoms with Gasteiger partial charge in [0, 0.05) is 57.1 Å². The highest BCUT2D eigenvalue weighted by Crippen LogP contribution is 2.27. The van der Waals surface area contributed by atoms with Crippen molar-refractivity contribution in [2.24, 2.45) is 0 Å². The zero-order chi connectivity index (χ0) is 33.8. The number of carbonyl (C=O) groups is 3. The average molecular weight is 668 g/mol. The van der Waals surface area contributed by atoms with Gasteiger partial charge in [-0.25, -0.2) is 23.0 Å². The third-order valence-electron chi connectivity index (χ3n) is 7.93. The number of sulfonamides is 1. The summed E-state index contributed by atoms with van der Waals surface area (Å²) >= 11 is 0. The number of benzene rings is 1. The highest BCUT2D eigenvalue weighted by atomic mass is 32.2. The molecule has 252 valence electrons. The fraction of sp³-hybridized carbons (Fsp3) is 0.469. The molecule has 0 saturated carbocycles. The molecular weight excluding hydrogens is 626 g/mol. The Bertz CT molecular complexity index is 1670. The molecule has 2 aliphatic heterocycles. The number of aromatic amines is 1. The molecule has 2 aromatic heterocycles. The van der Waals surface area contributed by atoms with E-state index in [9.17, 15) is 22.8 Å². The van der Waals surface area contributed by atoms with Gasteiger partial charge >= 0.3 is 12.1 Å². The lowest BCUT2D eigenvalue weighted by Crippen LogP contribution is -2.52. The molecule has 2 atom stereocenters. The van der Waals surface area contributed by atoms with Crippen LogP contribution in [0.2, 0.25) is 0 Å². The molecular formula is C32H41N7O7S. The Kier molecular flexibility index (Phi) is 10.2. The van der Waals surface area contributed by atoms with Crippen molar-refractivity contribution in [2.45, 2.75) is 69.7 Å². The summed E-state index contributed by atoms with van der Waals surface area (Å²) in [5.74, 6) is -0.0403. The smallest absolute Gasteiger partial charge is 0.415 e. The lowest BCUT2D eigenvalue weighted by Gasteiger charge is -2.34. The van der Waals surface area contributed by atoms with Crippen molar-refractivity contribution in [3.05, 3.63) is 66.0 Å². The predicted octanol–water partition coefficient (Wildman–Crippen LogP) is 2.66. The summed E-state index contributed by atoms with van der Waals surface area (Å²) < 4.78 is 39.0. The second-order valence-corrected chi connectivity index (χ2v) is 14.4. The molecule has 0 unspecified atom stereocenters. The van der Waals surface area contributed by atoms with E-state index in [0.29, 0.717) is 55.9 Å².